The van der Waals surface area contributed by atoms with Gasteiger partial charge in [0.05, 0.1) is 17.5 Å². The average Bonchev–Trinajstić information content (AvgIpc) is 3.00. The molecular weight excluding hydrogens is 282 g/mol. The second-order valence-corrected chi connectivity index (χ2v) is 7.59. The smallest absolute Gasteiger partial charge is 0.232 e. The summed E-state index contributed by atoms with van der Waals surface area (Å²) in [6.07, 6.45) is 6.55. The summed E-state index contributed by atoms with van der Waals surface area (Å²) in [5.74, 6) is 0.365. The second kappa shape index (κ2) is 6.05. The molecule has 0 aromatic carbocycles. The van der Waals surface area contributed by atoms with Gasteiger partial charge < -0.3 is 4.90 Å². The summed E-state index contributed by atoms with van der Waals surface area (Å²) in [5.41, 5.74) is 1.76. The second-order valence-electron chi connectivity index (χ2n) is 6.62. The number of carbonyl (C=O) groups is 1. The maximum absolute atomic E-state index is 12.7. The zero-order valence-electron chi connectivity index (χ0n) is 13.0. The highest BCUT2D eigenvalue weighted by molar-refractivity contribution is 7.09. The van der Waals surface area contributed by atoms with Crippen molar-refractivity contribution in [2.24, 2.45) is 5.41 Å². The lowest BCUT2D eigenvalue weighted by Gasteiger charge is -2.54. The largest absolute Gasteiger partial charge is 0.336 e. The van der Waals surface area contributed by atoms with E-state index in [-0.39, 0.29) is 5.41 Å². The molecule has 2 aliphatic rings. The normalized spacial score (nSPS) is 27.9. The monoisotopic (exact) mass is 307 g/mol. The Hall–Kier alpha value is -0.940. The predicted molar refractivity (Wildman–Crippen MR) is 85.1 cm³/mol. The zero-order valence-corrected chi connectivity index (χ0v) is 13.9. The van der Waals surface area contributed by atoms with Crippen molar-refractivity contribution in [3.8, 4) is 0 Å². The fourth-order valence-electron chi connectivity index (χ4n) is 3.83. The van der Waals surface area contributed by atoms with E-state index in [4.69, 9.17) is 0 Å². The van der Waals surface area contributed by atoms with Crippen LogP contribution in [0.4, 0.5) is 0 Å². The summed E-state index contributed by atoms with van der Waals surface area (Å²) in [4.78, 5) is 22.5. The first-order valence-corrected chi connectivity index (χ1v) is 8.93. The van der Waals surface area contributed by atoms with Crippen LogP contribution in [0.1, 0.15) is 44.4 Å². The minimum atomic E-state index is -0.0784. The molecule has 3 rings (SSSR count). The van der Waals surface area contributed by atoms with E-state index >= 15 is 0 Å². The number of hydrogen-bond acceptors (Lipinski definition) is 4. The lowest BCUT2D eigenvalue weighted by molar-refractivity contribution is -0.168. The molecule has 1 spiro atoms. The van der Waals surface area contributed by atoms with Crippen molar-refractivity contribution >= 4 is 17.2 Å². The molecule has 21 heavy (non-hydrogen) atoms. The minimum absolute atomic E-state index is 0.0784. The maximum Gasteiger partial charge on any atom is 0.232 e. The summed E-state index contributed by atoms with van der Waals surface area (Å²) < 4.78 is 0. The molecule has 2 saturated heterocycles. The summed E-state index contributed by atoms with van der Waals surface area (Å²) >= 11 is 1.63. The van der Waals surface area contributed by atoms with E-state index in [9.17, 15) is 4.79 Å². The van der Waals surface area contributed by atoms with E-state index in [1.807, 2.05) is 16.6 Å². The van der Waals surface area contributed by atoms with E-state index in [0.29, 0.717) is 11.9 Å². The number of likely N-dealkylation sites (tertiary alicyclic amines) is 2. The molecule has 2 atom stereocenters. The third-order valence-corrected chi connectivity index (χ3v) is 5.77. The third-order valence-electron chi connectivity index (χ3n) is 5.00. The van der Waals surface area contributed by atoms with Crippen LogP contribution in [0.5, 0.6) is 0 Å². The van der Waals surface area contributed by atoms with Gasteiger partial charge in [0.1, 0.15) is 0 Å². The van der Waals surface area contributed by atoms with Gasteiger partial charge in [-0.05, 0) is 32.7 Å². The molecule has 0 saturated carbocycles. The van der Waals surface area contributed by atoms with Gasteiger partial charge in [0, 0.05) is 30.2 Å². The van der Waals surface area contributed by atoms with Gasteiger partial charge in [-0.3, -0.25) is 14.7 Å². The fourth-order valence-corrected chi connectivity index (χ4v) is 4.44. The summed E-state index contributed by atoms with van der Waals surface area (Å²) in [6, 6.07) is 0.607. The van der Waals surface area contributed by atoms with Gasteiger partial charge >= 0.3 is 0 Å². The third kappa shape index (κ3) is 2.86. The standard InChI is InChI=1S/C16H25N3OS/c1-3-5-13(2)18-7-4-6-16(10-18)11-19(15(16)20)9-14-8-17-12-21-14/h8,12-13H,3-7,9-11H2,1-2H3/t13-,16-/m0/s1. The molecule has 3 heterocycles. The van der Waals surface area contributed by atoms with Gasteiger partial charge in [0.2, 0.25) is 5.91 Å². The van der Waals surface area contributed by atoms with E-state index in [1.165, 1.54) is 17.7 Å². The van der Waals surface area contributed by atoms with Gasteiger partial charge in [-0.2, -0.15) is 0 Å². The first-order chi connectivity index (χ1) is 10.1. The summed E-state index contributed by atoms with van der Waals surface area (Å²) in [5, 5.41) is 0. The molecule has 0 aliphatic carbocycles. The van der Waals surface area contributed by atoms with Crippen LogP contribution in [-0.2, 0) is 11.3 Å². The molecule has 1 aromatic rings. The Morgan fingerprint density at radius 1 is 1.48 bits per heavy atom. The number of thiazole rings is 1. The average molecular weight is 307 g/mol. The Labute approximate surface area is 131 Å². The highest BCUT2D eigenvalue weighted by atomic mass is 32.1. The zero-order chi connectivity index (χ0) is 14.9. The molecule has 2 fully saturated rings. The van der Waals surface area contributed by atoms with Crippen molar-refractivity contribution in [3.63, 3.8) is 0 Å². The minimum Gasteiger partial charge on any atom is -0.336 e. The highest BCUT2D eigenvalue weighted by Gasteiger charge is 2.53. The van der Waals surface area contributed by atoms with Crippen LogP contribution < -0.4 is 0 Å². The van der Waals surface area contributed by atoms with Crippen LogP contribution in [0, 0.1) is 5.41 Å². The van der Waals surface area contributed by atoms with Crippen LogP contribution in [0.15, 0.2) is 11.7 Å². The van der Waals surface area contributed by atoms with Crippen molar-refractivity contribution in [3.05, 3.63) is 16.6 Å². The van der Waals surface area contributed by atoms with Gasteiger partial charge in [0.25, 0.3) is 0 Å². The Bertz CT molecular complexity index is 490. The number of piperidine rings is 1. The number of β-lactam (4-membered cyclic amide) rings is 1. The van der Waals surface area contributed by atoms with Crippen molar-refractivity contribution in [1.82, 2.24) is 14.8 Å². The van der Waals surface area contributed by atoms with Crippen LogP contribution in [-0.4, -0.2) is 46.4 Å². The number of carbonyl (C=O) groups excluding carboxylic acids is 1. The molecule has 0 unspecified atom stereocenters. The molecule has 5 heteroatoms. The molecule has 1 aromatic heterocycles. The first-order valence-electron chi connectivity index (χ1n) is 8.05. The topological polar surface area (TPSA) is 36.4 Å². The number of nitrogens with zero attached hydrogens (tertiary/aromatic N) is 3. The molecule has 2 aliphatic heterocycles. The number of aromatic nitrogens is 1. The molecule has 0 N–H and O–H groups in total. The molecule has 1 amide bonds. The van der Waals surface area contributed by atoms with Gasteiger partial charge in [-0.1, -0.05) is 13.3 Å². The van der Waals surface area contributed by atoms with E-state index in [2.05, 4.69) is 23.7 Å². The Morgan fingerprint density at radius 2 is 2.33 bits per heavy atom. The van der Waals surface area contributed by atoms with E-state index in [1.54, 1.807) is 11.3 Å². The van der Waals surface area contributed by atoms with Gasteiger partial charge in [-0.25, -0.2) is 0 Å². The van der Waals surface area contributed by atoms with Gasteiger partial charge in [-0.15, -0.1) is 11.3 Å². The lowest BCUT2D eigenvalue weighted by atomic mass is 9.72. The van der Waals surface area contributed by atoms with Crippen molar-refractivity contribution in [2.75, 3.05) is 19.6 Å². The molecular formula is C16H25N3OS. The Balaban J connectivity index is 1.60. The lowest BCUT2D eigenvalue weighted by Crippen LogP contribution is -2.67. The van der Waals surface area contributed by atoms with E-state index in [0.717, 1.165) is 39.0 Å². The Morgan fingerprint density at radius 3 is 3.00 bits per heavy atom. The molecule has 0 radical (unpaired) electrons. The Kier molecular flexibility index (Phi) is 4.31. The van der Waals surface area contributed by atoms with Crippen LogP contribution in [0.3, 0.4) is 0 Å². The molecule has 0 bridgehead atoms. The highest BCUT2D eigenvalue weighted by Crippen LogP contribution is 2.41. The van der Waals surface area contributed by atoms with Crippen LogP contribution >= 0.6 is 11.3 Å². The fraction of sp³-hybridized carbons (Fsp3) is 0.750. The van der Waals surface area contributed by atoms with Crippen LogP contribution in [0.2, 0.25) is 0 Å². The summed E-state index contributed by atoms with van der Waals surface area (Å²) in [7, 11) is 0. The van der Waals surface area contributed by atoms with Crippen molar-refractivity contribution in [1.29, 1.82) is 0 Å². The predicted octanol–water partition coefficient (Wildman–Crippen LogP) is 2.76. The van der Waals surface area contributed by atoms with Crippen LogP contribution in [0.25, 0.3) is 0 Å². The van der Waals surface area contributed by atoms with Gasteiger partial charge in [0.15, 0.2) is 0 Å². The molecule has 4 nitrogen and oxygen atoms in total. The number of rotatable bonds is 5. The van der Waals surface area contributed by atoms with Crippen molar-refractivity contribution < 1.29 is 4.79 Å². The first kappa shape index (κ1) is 15.0. The molecule has 116 valence electrons. The number of hydrogen-bond donors (Lipinski definition) is 0. The SMILES string of the molecule is CCC[C@H](C)N1CCC[C@@]2(CN(Cc3cncs3)C2=O)C1. The quantitative estimate of drug-likeness (QED) is 0.785. The van der Waals surface area contributed by atoms with Crippen molar-refractivity contribution in [2.45, 2.75) is 52.1 Å². The maximum atomic E-state index is 12.7. The van der Waals surface area contributed by atoms with E-state index < -0.39 is 0 Å². The summed E-state index contributed by atoms with van der Waals surface area (Å²) in [6.45, 7) is 8.34. The number of amides is 1.